The summed E-state index contributed by atoms with van der Waals surface area (Å²) in [5.41, 5.74) is 8.07. The Morgan fingerprint density at radius 1 is 1.27 bits per heavy atom. The van der Waals surface area contributed by atoms with E-state index in [1.165, 1.54) is 13.2 Å². The van der Waals surface area contributed by atoms with Crippen LogP contribution < -0.4 is 10.5 Å². The number of anilines is 1. The summed E-state index contributed by atoms with van der Waals surface area (Å²) in [6.45, 7) is 0. The first-order valence-corrected chi connectivity index (χ1v) is 8.53. The number of nitrogen functional groups attached to an aromatic ring is 1. The summed E-state index contributed by atoms with van der Waals surface area (Å²) in [5.74, 6) is 0.231. The van der Waals surface area contributed by atoms with Crippen LogP contribution in [0.2, 0.25) is 5.02 Å². The Morgan fingerprint density at radius 2 is 1.95 bits per heavy atom. The van der Waals surface area contributed by atoms with Crippen LogP contribution in [0.1, 0.15) is 5.56 Å². The molecule has 0 aromatic heterocycles. The molecule has 22 heavy (non-hydrogen) atoms. The molecule has 0 saturated heterocycles. The second-order valence-electron chi connectivity index (χ2n) is 4.74. The van der Waals surface area contributed by atoms with E-state index in [1.54, 1.807) is 24.3 Å². The number of hydrogen-bond donors (Lipinski definition) is 2. The van der Waals surface area contributed by atoms with Crippen LogP contribution in [0.4, 0.5) is 5.69 Å². The van der Waals surface area contributed by atoms with Crippen LogP contribution in [-0.2, 0) is 9.84 Å². The second kappa shape index (κ2) is 5.98. The molecule has 2 aromatic rings. The minimum absolute atomic E-state index is 0.102. The highest BCUT2D eigenvalue weighted by atomic mass is 35.5. The molecule has 5 nitrogen and oxygen atoms in total. The van der Waals surface area contributed by atoms with Gasteiger partial charge in [0.1, 0.15) is 10.6 Å². The number of sulfone groups is 1. The molecule has 0 heterocycles. The fraction of sp³-hybridized carbons (Fsp3) is 0.133. The van der Waals surface area contributed by atoms with Crippen LogP contribution in [0, 0.1) is 5.41 Å². The van der Waals surface area contributed by atoms with Crippen molar-refractivity contribution in [1.29, 1.82) is 5.41 Å². The third-order valence-corrected chi connectivity index (χ3v) is 4.55. The molecule has 0 fully saturated rings. The molecule has 116 valence electrons. The maximum atomic E-state index is 11.7. The quantitative estimate of drug-likeness (QED) is 0.662. The van der Waals surface area contributed by atoms with E-state index in [2.05, 4.69) is 0 Å². The molecular formula is C15H15ClN2O3S. The summed E-state index contributed by atoms with van der Waals surface area (Å²) in [6, 6.07) is 7.93. The zero-order valence-electron chi connectivity index (χ0n) is 12.1. The van der Waals surface area contributed by atoms with Gasteiger partial charge in [-0.1, -0.05) is 17.7 Å². The zero-order chi connectivity index (χ0) is 16.5. The van der Waals surface area contributed by atoms with Crippen LogP contribution in [0.5, 0.6) is 5.75 Å². The van der Waals surface area contributed by atoms with Crippen molar-refractivity contribution < 1.29 is 13.2 Å². The van der Waals surface area contributed by atoms with Gasteiger partial charge < -0.3 is 15.9 Å². The molecule has 0 spiro atoms. The number of nitrogens with two attached hydrogens (primary N) is 1. The van der Waals surface area contributed by atoms with E-state index in [4.69, 9.17) is 27.5 Å². The van der Waals surface area contributed by atoms with Gasteiger partial charge in [0.25, 0.3) is 0 Å². The Kier molecular flexibility index (Phi) is 4.44. The van der Waals surface area contributed by atoms with Crippen molar-refractivity contribution in [2.24, 2.45) is 0 Å². The highest BCUT2D eigenvalue weighted by molar-refractivity contribution is 7.90. The van der Waals surface area contributed by atoms with Crippen LogP contribution in [0.25, 0.3) is 11.1 Å². The lowest BCUT2D eigenvalue weighted by Crippen LogP contribution is -2.02. The Morgan fingerprint density at radius 3 is 2.50 bits per heavy atom. The number of benzene rings is 2. The van der Waals surface area contributed by atoms with E-state index < -0.39 is 9.84 Å². The van der Waals surface area contributed by atoms with Crippen molar-refractivity contribution >= 4 is 33.3 Å². The Hall–Kier alpha value is -2.05. The Labute approximate surface area is 134 Å². The second-order valence-corrected chi connectivity index (χ2v) is 7.16. The number of rotatable bonds is 4. The van der Waals surface area contributed by atoms with E-state index in [9.17, 15) is 8.42 Å². The van der Waals surface area contributed by atoms with Crippen molar-refractivity contribution in [2.75, 3.05) is 19.1 Å². The van der Waals surface area contributed by atoms with Gasteiger partial charge in [0.05, 0.1) is 7.11 Å². The lowest BCUT2D eigenvalue weighted by molar-refractivity contribution is 0.403. The van der Waals surface area contributed by atoms with Gasteiger partial charge in [-0.25, -0.2) is 8.42 Å². The number of halogens is 1. The van der Waals surface area contributed by atoms with Gasteiger partial charge in [0.2, 0.25) is 0 Å². The summed E-state index contributed by atoms with van der Waals surface area (Å²) in [6.07, 6.45) is 2.25. The predicted octanol–water partition coefficient (Wildman–Crippen LogP) is 3.00. The normalized spacial score (nSPS) is 11.2. The largest absolute Gasteiger partial charge is 0.495 e. The Bertz CT molecular complexity index is 848. The smallest absolute Gasteiger partial charge is 0.179 e. The lowest BCUT2D eigenvalue weighted by Gasteiger charge is -2.13. The van der Waals surface area contributed by atoms with Crippen LogP contribution in [0.15, 0.2) is 35.2 Å². The molecular weight excluding hydrogens is 324 g/mol. The number of methoxy groups -OCH3 is 1. The molecule has 0 unspecified atom stereocenters. The molecule has 0 bridgehead atoms. The van der Waals surface area contributed by atoms with Crippen molar-refractivity contribution in [3.05, 3.63) is 40.9 Å². The van der Waals surface area contributed by atoms with Gasteiger partial charge in [0, 0.05) is 28.7 Å². The molecule has 0 atom stereocenters. The average molecular weight is 339 g/mol. The predicted molar refractivity (Wildman–Crippen MR) is 88.8 cm³/mol. The highest BCUT2D eigenvalue weighted by Gasteiger charge is 2.16. The first kappa shape index (κ1) is 16.3. The van der Waals surface area contributed by atoms with Crippen molar-refractivity contribution in [2.45, 2.75) is 4.90 Å². The van der Waals surface area contributed by atoms with Gasteiger partial charge in [-0.15, -0.1) is 0 Å². The summed E-state index contributed by atoms with van der Waals surface area (Å²) < 4.78 is 28.6. The monoisotopic (exact) mass is 338 g/mol. The first-order valence-electron chi connectivity index (χ1n) is 6.26. The maximum Gasteiger partial charge on any atom is 0.179 e. The molecule has 2 rings (SSSR count). The van der Waals surface area contributed by atoms with Crippen molar-refractivity contribution in [3.63, 3.8) is 0 Å². The highest BCUT2D eigenvalue weighted by Crippen LogP contribution is 2.34. The van der Waals surface area contributed by atoms with Crippen molar-refractivity contribution in [3.8, 4) is 16.9 Å². The molecule has 0 aliphatic rings. The molecule has 0 amide bonds. The maximum absolute atomic E-state index is 11.7. The Balaban J connectivity index is 2.72. The minimum atomic E-state index is -3.40. The molecule has 7 heteroatoms. The summed E-state index contributed by atoms with van der Waals surface area (Å²) >= 11 is 6.02. The third-order valence-electron chi connectivity index (χ3n) is 3.20. The molecule has 0 radical (unpaired) electrons. The lowest BCUT2D eigenvalue weighted by atomic mass is 9.98. The molecule has 0 aliphatic carbocycles. The number of ether oxygens (including phenoxy) is 1. The summed E-state index contributed by atoms with van der Waals surface area (Å²) in [5, 5.41) is 7.94. The van der Waals surface area contributed by atoms with Gasteiger partial charge in [-0.3, -0.25) is 0 Å². The molecule has 3 N–H and O–H groups in total. The van der Waals surface area contributed by atoms with Gasteiger partial charge in [-0.2, -0.15) is 0 Å². The number of nitrogens with one attached hydrogen (secondary N) is 1. The number of hydrogen-bond acceptors (Lipinski definition) is 5. The third kappa shape index (κ3) is 3.08. The fourth-order valence-electron chi connectivity index (χ4n) is 2.18. The van der Waals surface area contributed by atoms with Crippen LogP contribution in [0.3, 0.4) is 0 Å². The zero-order valence-corrected chi connectivity index (χ0v) is 13.6. The topological polar surface area (TPSA) is 93.2 Å². The van der Waals surface area contributed by atoms with E-state index in [0.717, 1.165) is 12.5 Å². The molecule has 0 aliphatic heterocycles. The van der Waals surface area contributed by atoms with E-state index in [-0.39, 0.29) is 10.6 Å². The molecule has 2 aromatic carbocycles. The van der Waals surface area contributed by atoms with Gasteiger partial charge >= 0.3 is 0 Å². The van der Waals surface area contributed by atoms with Crippen molar-refractivity contribution in [1.82, 2.24) is 0 Å². The van der Waals surface area contributed by atoms with E-state index in [1.807, 2.05) is 0 Å². The summed E-state index contributed by atoms with van der Waals surface area (Å²) in [4.78, 5) is 0.102. The first-order chi connectivity index (χ1) is 10.3. The SMILES string of the molecule is COc1cc(-c2cc(Cl)cc(N)c2C=N)ccc1S(C)(=O)=O. The van der Waals surface area contributed by atoms with Gasteiger partial charge in [-0.05, 0) is 35.4 Å². The average Bonchev–Trinajstić information content (AvgIpc) is 2.44. The fourth-order valence-corrected chi connectivity index (χ4v) is 3.23. The molecule has 0 saturated carbocycles. The van der Waals surface area contributed by atoms with Gasteiger partial charge in [0.15, 0.2) is 9.84 Å². The van der Waals surface area contributed by atoms with Crippen LogP contribution >= 0.6 is 11.6 Å². The van der Waals surface area contributed by atoms with Crippen LogP contribution in [-0.4, -0.2) is 28.0 Å². The van der Waals surface area contributed by atoms with E-state index in [0.29, 0.717) is 27.4 Å². The minimum Gasteiger partial charge on any atom is -0.495 e. The summed E-state index contributed by atoms with van der Waals surface area (Å²) in [7, 11) is -2.00. The standard InChI is InChI=1S/C15H15ClN2O3S/c1-21-14-5-9(3-4-15(14)22(2,19)20)11-6-10(16)7-13(18)12(11)8-17/h3-8,17H,18H2,1-2H3. The van der Waals surface area contributed by atoms with E-state index >= 15 is 0 Å².